The van der Waals surface area contributed by atoms with Crippen molar-refractivity contribution in [2.24, 2.45) is 13.0 Å². The first kappa shape index (κ1) is 25.7. The molecule has 198 valence electrons. The van der Waals surface area contributed by atoms with Gasteiger partial charge in [0, 0.05) is 73.9 Å². The van der Waals surface area contributed by atoms with Crippen LogP contribution >= 0.6 is 0 Å². The molecule has 0 radical (unpaired) electrons. The summed E-state index contributed by atoms with van der Waals surface area (Å²) in [5.74, 6) is 1.84. The highest BCUT2D eigenvalue weighted by atomic mass is 16.5. The minimum atomic E-state index is 0.121. The molecule has 1 unspecified atom stereocenters. The molecule has 1 saturated heterocycles. The van der Waals surface area contributed by atoms with Crippen molar-refractivity contribution in [3.8, 4) is 22.8 Å². The number of hydrogen-bond acceptors (Lipinski definition) is 8. The molecule has 0 aliphatic carbocycles. The number of benzene rings is 2. The summed E-state index contributed by atoms with van der Waals surface area (Å²) in [5, 5.41) is 4.27. The molecule has 0 spiro atoms. The fourth-order valence-electron chi connectivity index (χ4n) is 5.05. The predicted molar refractivity (Wildman–Crippen MR) is 148 cm³/mol. The largest absolute Gasteiger partial charge is 0.497 e. The molecule has 1 aliphatic heterocycles. The third kappa shape index (κ3) is 5.62. The number of rotatable bonds is 9. The molecule has 0 amide bonds. The van der Waals surface area contributed by atoms with E-state index in [1.165, 1.54) is 0 Å². The minimum Gasteiger partial charge on any atom is -0.497 e. The molecule has 0 bridgehead atoms. The van der Waals surface area contributed by atoms with Crippen molar-refractivity contribution in [1.82, 2.24) is 24.6 Å². The maximum absolute atomic E-state index is 12.0. The maximum atomic E-state index is 12.0. The number of aromatic nitrogens is 4. The number of nitrogens with zero attached hydrogens (tertiary/aromatic N) is 6. The summed E-state index contributed by atoms with van der Waals surface area (Å²) in [7, 11) is 5.20. The molecule has 9 nitrogen and oxygen atoms in total. The van der Waals surface area contributed by atoms with Crippen molar-refractivity contribution in [2.75, 3.05) is 45.3 Å². The SMILES string of the molecule is COc1cc(OC)cc(N(CCN2CCCC(C(C)=O)C2)c2ccc3ncc(-c4cnn(C)c4)nc3c2)c1. The number of ether oxygens (including phenoxy) is 2. The Kier molecular flexibility index (Phi) is 7.55. The van der Waals surface area contributed by atoms with Gasteiger partial charge in [-0.05, 0) is 44.5 Å². The van der Waals surface area contributed by atoms with Gasteiger partial charge in [-0.15, -0.1) is 0 Å². The zero-order chi connectivity index (χ0) is 26.6. The Labute approximate surface area is 223 Å². The summed E-state index contributed by atoms with van der Waals surface area (Å²) < 4.78 is 12.9. The van der Waals surface area contributed by atoms with Gasteiger partial charge in [-0.2, -0.15) is 5.10 Å². The van der Waals surface area contributed by atoms with Gasteiger partial charge < -0.3 is 19.3 Å². The average molecular weight is 515 g/mol. The zero-order valence-corrected chi connectivity index (χ0v) is 22.4. The summed E-state index contributed by atoms with van der Waals surface area (Å²) in [6.45, 7) is 5.06. The number of methoxy groups -OCH3 is 2. The van der Waals surface area contributed by atoms with Crippen molar-refractivity contribution in [3.63, 3.8) is 0 Å². The van der Waals surface area contributed by atoms with E-state index < -0.39 is 0 Å². The van der Waals surface area contributed by atoms with Gasteiger partial charge >= 0.3 is 0 Å². The number of Topliss-reactive ketones (excluding diaryl/α,β-unsaturated/α-hetero) is 1. The van der Waals surface area contributed by atoms with Gasteiger partial charge in [0.1, 0.15) is 17.3 Å². The van der Waals surface area contributed by atoms with Gasteiger partial charge in [0.05, 0.1) is 43.3 Å². The number of likely N-dealkylation sites (tertiary alicyclic amines) is 1. The van der Waals surface area contributed by atoms with E-state index in [0.717, 1.165) is 84.2 Å². The minimum absolute atomic E-state index is 0.121. The van der Waals surface area contributed by atoms with E-state index >= 15 is 0 Å². The van der Waals surface area contributed by atoms with E-state index in [0.29, 0.717) is 0 Å². The Morgan fingerprint density at radius 2 is 1.84 bits per heavy atom. The Bertz CT molecular complexity index is 1410. The Hall–Kier alpha value is -3.98. The van der Waals surface area contributed by atoms with Gasteiger partial charge in [0.15, 0.2) is 0 Å². The normalized spacial score (nSPS) is 15.9. The van der Waals surface area contributed by atoms with E-state index in [-0.39, 0.29) is 11.7 Å². The molecule has 0 N–H and O–H groups in total. The first-order chi connectivity index (χ1) is 18.4. The second-order valence-corrected chi connectivity index (χ2v) is 9.80. The fourth-order valence-corrected chi connectivity index (χ4v) is 5.05. The van der Waals surface area contributed by atoms with Crippen molar-refractivity contribution in [1.29, 1.82) is 0 Å². The van der Waals surface area contributed by atoms with Crippen LogP contribution in [-0.2, 0) is 11.8 Å². The van der Waals surface area contributed by atoms with Crippen molar-refractivity contribution in [2.45, 2.75) is 19.8 Å². The first-order valence-corrected chi connectivity index (χ1v) is 12.9. The lowest BCUT2D eigenvalue weighted by Crippen LogP contribution is -2.41. The number of hydrogen-bond donors (Lipinski definition) is 0. The lowest BCUT2D eigenvalue weighted by Gasteiger charge is -2.34. The molecular formula is C29H34N6O3. The molecule has 5 rings (SSSR count). The summed E-state index contributed by atoms with van der Waals surface area (Å²) >= 11 is 0. The number of fused-ring (bicyclic) bond motifs is 1. The first-order valence-electron chi connectivity index (χ1n) is 12.9. The lowest BCUT2D eigenvalue weighted by atomic mass is 9.94. The van der Waals surface area contributed by atoms with Crippen LogP contribution in [0, 0.1) is 5.92 Å². The number of ketones is 1. The van der Waals surface area contributed by atoms with Crippen LogP contribution in [0.1, 0.15) is 19.8 Å². The standard InChI is InChI=1S/C29H34N6O3/c1-20(36)21-6-5-9-34(19-21)10-11-35(24-12-25(37-3)15-26(13-24)38-4)23-7-8-27-28(14-23)32-29(17-30-27)22-16-31-33(2)18-22/h7-8,12-18,21H,5-6,9-11,19H2,1-4H3. The highest BCUT2D eigenvalue weighted by Gasteiger charge is 2.24. The molecule has 1 fully saturated rings. The summed E-state index contributed by atoms with van der Waals surface area (Å²) in [6, 6.07) is 12.0. The number of aryl methyl sites for hydroxylation is 1. The molecule has 1 aliphatic rings. The van der Waals surface area contributed by atoms with Crippen molar-refractivity contribution in [3.05, 3.63) is 55.0 Å². The number of carbonyl (C=O) groups is 1. The number of anilines is 2. The lowest BCUT2D eigenvalue weighted by molar-refractivity contribution is -0.122. The smallest absolute Gasteiger partial charge is 0.134 e. The predicted octanol–water partition coefficient (Wildman–Crippen LogP) is 4.49. The molecule has 38 heavy (non-hydrogen) atoms. The van der Waals surface area contributed by atoms with Gasteiger partial charge in [-0.1, -0.05) is 0 Å². The second kappa shape index (κ2) is 11.2. The second-order valence-electron chi connectivity index (χ2n) is 9.80. The molecular weight excluding hydrogens is 480 g/mol. The van der Waals surface area contributed by atoms with Crippen LogP contribution in [0.4, 0.5) is 11.4 Å². The molecule has 2 aromatic heterocycles. The molecule has 9 heteroatoms. The molecule has 4 aromatic rings. The summed E-state index contributed by atoms with van der Waals surface area (Å²) in [6.07, 6.45) is 7.53. The van der Waals surface area contributed by atoms with Gasteiger partial charge in [-0.25, -0.2) is 4.98 Å². The quantitative estimate of drug-likeness (QED) is 0.323. The number of carbonyl (C=O) groups excluding carboxylic acids is 1. The van der Waals surface area contributed by atoms with Gasteiger partial charge in [-0.3, -0.25) is 14.5 Å². The molecule has 3 heterocycles. The van der Waals surface area contributed by atoms with Crippen LogP contribution in [0.25, 0.3) is 22.3 Å². The topological polar surface area (TPSA) is 85.6 Å². The highest BCUT2D eigenvalue weighted by Crippen LogP contribution is 2.34. The molecule has 0 saturated carbocycles. The van der Waals surface area contributed by atoms with Crippen LogP contribution in [-0.4, -0.2) is 70.8 Å². The van der Waals surface area contributed by atoms with Crippen LogP contribution < -0.4 is 14.4 Å². The van der Waals surface area contributed by atoms with Crippen LogP contribution in [0.15, 0.2) is 55.0 Å². The Morgan fingerprint density at radius 1 is 1.05 bits per heavy atom. The van der Waals surface area contributed by atoms with E-state index in [9.17, 15) is 4.79 Å². The molecule has 1 atom stereocenters. The van der Waals surface area contributed by atoms with Crippen LogP contribution in [0.2, 0.25) is 0 Å². The van der Waals surface area contributed by atoms with Crippen molar-refractivity contribution < 1.29 is 14.3 Å². The van der Waals surface area contributed by atoms with Crippen LogP contribution in [0.5, 0.6) is 11.5 Å². The van der Waals surface area contributed by atoms with Crippen LogP contribution in [0.3, 0.4) is 0 Å². The van der Waals surface area contributed by atoms with E-state index in [1.54, 1.807) is 38.2 Å². The average Bonchev–Trinajstić information content (AvgIpc) is 3.38. The highest BCUT2D eigenvalue weighted by molar-refractivity contribution is 5.83. The summed E-state index contributed by atoms with van der Waals surface area (Å²) in [5.41, 5.74) is 5.28. The monoisotopic (exact) mass is 514 g/mol. The summed E-state index contributed by atoms with van der Waals surface area (Å²) in [4.78, 5) is 26.2. The Morgan fingerprint density at radius 3 is 2.53 bits per heavy atom. The fraction of sp³-hybridized carbons (Fsp3) is 0.379. The third-order valence-corrected chi connectivity index (χ3v) is 7.21. The maximum Gasteiger partial charge on any atom is 0.134 e. The number of piperidine rings is 1. The van der Waals surface area contributed by atoms with Gasteiger partial charge in [0.2, 0.25) is 0 Å². The van der Waals surface area contributed by atoms with E-state index in [2.05, 4.69) is 32.0 Å². The van der Waals surface area contributed by atoms with E-state index in [1.807, 2.05) is 37.5 Å². The Balaban J connectivity index is 1.50. The van der Waals surface area contributed by atoms with Crippen molar-refractivity contribution >= 4 is 28.2 Å². The zero-order valence-electron chi connectivity index (χ0n) is 22.4. The molecule has 2 aromatic carbocycles. The van der Waals surface area contributed by atoms with E-state index in [4.69, 9.17) is 14.5 Å². The third-order valence-electron chi connectivity index (χ3n) is 7.21. The van der Waals surface area contributed by atoms with Gasteiger partial charge in [0.25, 0.3) is 0 Å².